The fourth-order valence-electron chi connectivity index (χ4n) is 0.513. The Hall–Kier alpha value is -0.600. The van der Waals surface area contributed by atoms with Crippen molar-refractivity contribution >= 4 is 37.7 Å². The third kappa shape index (κ3) is 1.70. The molecule has 0 aromatic carbocycles. The van der Waals surface area contributed by atoms with Gasteiger partial charge in [0.15, 0.2) is 0 Å². The van der Waals surface area contributed by atoms with Crippen molar-refractivity contribution in [2.24, 2.45) is 0 Å². The summed E-state index contributed by atoms with van der Waals surface area (Å²) < 4.78 is 0. The van der Waals surface area contributed by atoms with E-state index in [1.54, 1.807) is 0 Å². The Morgan fingerprint density at radius 3 is 1.55 bits per heavy atom. The first-order valence-corrected chi connectivity index (χ1v) is 2.44. The quantitative estimate of drug-likeness (QED) is 0.489. The van der Waals surface area contributed by atoms with E-state index < -0.39 is 0 Å². The average molecular weight is 178 g/mol. The number of nitrogens with zero attached hydrogens (tertiary/aromatic N) is 6. The number of aromatic nitrogens is 8. The molecule has 0 amide bonds. The van der Waals surface area contributed by atoms with Gasteiger partial charge in [0.1, 0.15) is 0 Å². The van der Waals surface area contributed by atoms with Gasteiger partial charge in [-0.1, -0.05) is 0 Å². The largest absolute Gasteiger partial charge is 0.245 e. The predicted molar refractivity (Wildman–Crippen MR) is 33.1 cm³/mol. The Balaban J connectivity index is 0.000000605. The van der Waals surface area contributed by atoms with E-state index in [2.05, 4.69) is 41.2 Å². The van der Waals surface area contributed by atoms with E-state index in [4.69, 9.17) is 0 Å². The van der Waals surface area contributed by atoms with Crippen LogP contribution in [0.1, 0.15) is 0 Å². The van der Waals surface area contributed by atoms with Crippen molar-refractivity contribution in [3.05, 3.63) is 0 Å². The first kappa shape index (κ1) is 8.50. The van der Waals surface area contributed by atoms with Crippen molar-refractivity contribution in [1.29, 1.82) is 0 Å². The molecule has 2 aromatic rings. The summed E-state index contributed by atoms with van der Waals surface area (Å²) in [6.45, 7) is 0. The maximum absolute atomic E-state index is 3.63. The first-order valence-electron chi connectivity index (χ1n) is 2.44. The number of hydrogen-bond acceptors (Lipinski definition) is 6. The van der Waals surface area contributed by atoms with Gasteiger partial charge >= 0.3 is 0 Å². The molecule has 2 heterocycles. The van der Waals surface area contributed by atoms with Crippen molar-refractivity contribution in [1.82, 2.24) is 41.2 Å². The SMILES string of the molecule is [Ca].n1nc(-c2nn[nH]n2)n[nH]1. The molecule has 0 fully saturated rings. The van der Waals surface area contributed by atoms with Crippen molar-refractivity contribution in [3.63, 3.8) is 0 Å². The van der Waals surface area contributed by atoms with Crippen molar-refractivity contribution < 1.29 is 0 Å². The fraction of sp³-hybridized carbons (Fsp3) is 0. The second kappa shape index (κ2) is 3.69. The van der Waals surface area contributed by atoms with Crippen molar-refractivity contribution in [3.8, 4) is 11.6 Å². The van der Waals surface area contributed by atoms with Gasteiger partial charge in [0.25, 0.3) is 0 Å². The standard InChI is InChI=1S/C2H2N8.Ca/c3-1(4-8-7-3)2-5-9-10-6-2;/h(H,3,4,7,8)(H,5,6,9,10);. The van der Waals surface area contributed by atoms with Gasteiger partial charge in [-0.05, 0) is 10.4 Å². The summed E-state index contributed by atoms with van der Waals surface area (Å²) in [6, 6.07) is 0. The van der Waals surface area contributed by atoms with E-state index in [-0.39, 0.29) is 37.7 Å². The summed E-state index contributed by atoms with van der Waals surface area (Å²) in [5.41, 5.74) is 0. The Kier molecular flexibility index (Phi) is 2.85. The molecule has 0 atom stereocenters. The summed E-state index contributed by atoms with van der Waals surface area (Å²) >= 11 is 0. The molecular weight excluding hydrogens is 176 g/mol. The van der Waals surface area contributed by atoms with Gasteiger partial charge < -0.3 is 0 Å². The van der Waals surface area contributed by atoms with Gasteiger partial charge in [0, 0.05) is 37.7 Å². The summed E-state index contributed by atoms with van der Waals surface area (Å²) in [6.07, 6.45) is 0. The van der Waals surface area contributed by atoms with Crippen LogP contribution in [-0.4, -0.2) is 79.0 Å². The van der Waals surface area contributed by atoms with Crippen molar-refractivity contribution in [2.45, 2.75) is 0 Å². The number of hydrogen-bond donors (Lipinski definition) is 2. The monoisotopic (exact) mass is 178 g/mol. The zero-order valence-corrected chi connectivity index (χ0v) is 7.60. The molecule has 0 bridgehead atoms. The van der Waals surface area contributed by atoms with Crippen LogP contribution in [0.15, 0.2) is 0 Å². The Morgan fingerprint density at radius 1 is 0.818 bits per heavy atom. The van der Waals surface area contributed by atoms with Crippen LogP contribution >= 0.6 is 0 Å². The Morgan fingerprint density at radius 2 is 1.27 bits per heavy atom. The number of H-pyrrole nitrogens is 2. The molecule has 2 radical (unpaired) electrons. The molecule has 0 aliphatic carbocycles. The van der Waals surface area contributed by atoms with Gasteiger partial charge in [-0.3, -0.25) is 0 Å². The van der Waals surface area contributed by atoms with Crippen LogP contribution in [0.5, 0.6) is 0 Å². The van der Waals surface area contributed by atoms with Crippen LogP contribution in [-0.2, 0) is 0 Å². The number of nitrogens with one attached hydrogen (secondary N) is 2. The zero-order valence-electron chi connectivity index (χ0n) is 5.39. The molecule has 0 aliphatic rings. The third-order valence-corrected chi connectivity index (χ3v) is 0.891. The van der Waals surface area contributed by atoms with Gasteiger partial charge in [-0.25, -0.2) is 0 Å². The van der Waals surface area contributed by atoms with Crippen LogP contribution in [0.4, 0.5) is 0 Å². The van der Waals surface area contributed by atoms with E-state index in [0.29, 0.717) is 11.6 Å². The average Bonchev–Trinajstić information content (AvgIpc) is 2.59. The fourth-order valence-corrected chi connectivity index (χ4v) is 0.513. The van der Waals surface area contributed by atoms with Gasteiger partial charge in [-0.15, -0.1) is 20.4 Å². The minimum atomic E-state index is 0. The predicted octanol–water partition coefficient (Wildman–Crippen LogP) is -2.00. The molecule has 2 aromatic heterocycles. The zero-order chi connectivity index (χ0) is 6.81. The minimum Gasteiger partial charge on any atom is -0.177 e. The van der Waals surface area contributed by atoms with Gasteiger partial charge in [0.2, 0.25) is 11.6 Å². The molecule has 8 nitrogen and oxygen atoms in total. The molecule has 0 aliphatic heterocycles. The van der Waals surface area contributed by atoms with E-state index in [0.717, 1.165) is 0 Å². The molecular formula is C2H2CaN8. The summed E-state index contributed by atoms with van der Waals surface area (Å²) in [5.74, 6) is 0.655. The molecule has 9 heteroatoms. The molecule has 0 spiro atoms. The summed E-state index contributed by atoms with van der Waals surface area (Å²) in [5, 5.41) is 25.7. The number of tetrazole rings is 2. The van der Waals surface area contributed by atoms with E-state index in [1.165, 1.54) is 0 Å². The topological polar surface area (TPSA) is 109 Å². The van der Waals surface area contributed by atoms with Crippen LogP contribution in [0.2, 0.25) is 0 Å². The summed E-state index contributed by atoms with van der Waals surface area (Å²) in [4.78, 5) is 0. The van der Waals surface area contributed by atoms with E-state index in [1.807, 2.05) is 0 Å². The molecule has 52 valence electrons. The number of rotatable bonds is 1. The second-order valence-electron chi connectivity index (χ2n) is 1.47. The number of aromatic amines is 2. The summed E-state index contributed by atoms with van der Waals surface area (Å²) in [7, 11) is 0. The van der Waals surface area contributed by atoms with Crippen LogP contribution in [0.25, 0.3) is 11.6 Å². The Bertz CT molecular complexity index is 252. The van der Waals surface area contributed by atoms with Gasteiger partial charge in [-0.2, -0.15) is 10.4 Å². The Labute approximate surface area is 90.2 Å². The van der Waals surface area contributed by atoms with Crippen LogP contribution in [0, 0.1) is 0 Å². The molecule has 0 unspecified atom stereocenters. The van der Waals surface area contributed by atoms with Gasteiger partial charge in [0.05, 0.1) is 0 Å². The molecule has 11 heavy (non-hydrogen) atoms. The third-order valence-electron chi connectivity index (χ3n) is 0.891. The van der Waals surface area contributed by atoms with Crippen LogP contribution < -0.4 is 0 Å². The van der Waals surface area contributed by atoms with Crippen molar-refractivity contribution in [2.75, 3.05) is 0 Å². The molecule has 2 N–H and O–H groups in total. The normalized spacial score (nSPS) is 9.09. The van der Waals surface area contributed by atoms with E-state index in [9.17, 15) is 0 Å². The molecule has 0 saturated carbocycles. The first-order chi connectivity index (χ1) is 4.97. The maximum atomic E-state index is 3.63. The molecule has 0 saturated heterocycles. The van der Waals surface area contributed by atoms with Crippen LogP contribution in [0.3, 0.4) is 0 Å². The minimum absolute atomic E-state index is 0. The maximum Gasteiger partial charge on any atom is 0.245 e. The van der Waals surface area contributed by atoms with E-state index >= 15 is 0 Å². The smallest absolute Gasteiger partial charge is 0.177 e. The molecule has 2 rings (SSSR count). The second-order valence-corrected chi connectivity index (χ2v) is 1.47.